The average molecular weight is 283 g/mol. The maximum Gasteiger partial charge on any atom is 0.333 e. The molecule has 0 saturated carbocycles. The van der Waals surface area contributed by atoms with Crippen LogP contribution in [0.5, 0.6) is 0 Å². The molecule has 2 unspecified atom stereocenters. The lowest BCUT2D eigenvalue weighted by Gasteiger charge is -1.97. The predicted octanol–water partition coefficient (Wildman–Crippen LogP) is -1.02. The second kappa shape index (κ2) is 6.49. The van der Waals surface area contributed by atoms with Gasteiger partial charge in [0.25, 0.3) is 0 Å². The molecule has 0 radical (unpaired) electrons. The predicted molar refractivity (Wildman–Crippen MR) is 70.9 cm³/mol. The van der Waals surface area contributed by atoms with E-state index in [2.05, 4.69) is 6.58 Å². The molecule has 3 heterocycles. The maximum absolute atomic E-state index is 11.1. The third kappa shape index (κ3) is 4.63. The van der Waals surface area contributed by atoms with Gasteiger partial charge in [-0.2, -0.15) is 0 Å². The van der Waals surface area contributed by atoms with Crippen LogP contribution in [0.25, 0.3) is 0 Å². The fourth-order valence-electron chi connectivity index (χ4n) is 1.53. The first-order valence-corrected chi connectivity index (χ1v) is 6.37. The van der Waals surface area contributed by atoms with Gasteiger partial charge in [-0.15, -0.1) is 6.58 Å². The van der Waals surface area contributed by atoms with Crippen LogP contribution in [0.1, 0.15) is 12.8 Å². The van der Waals surface area contributed by atoms with Crippen LogP contribution >= 0.6 is 0 Å². The second-order valence-corrected chi connectivity index (χ2v) is 4.58. The highest BCUT2D eigenvalue weighted by atomic mass is 16.6. The number of allylic oxidation sites excluding steroid dienone is 1. The monoisotopic (exact) mass is 283 g/mol. The lowest BCUT2D eigenvalue weighted by Crippen LogP contribution is -2.44. The minimum atomic E-state index is -0.789. The molecular weight excluding hydrogens is 266 g/mol. The summed E-state index contributed by atoms with van der Waals surface area (Å²) < 4.78 is 10.7. The Bertz CT molecular complexity index is 587. The summed E-state index contributed by atoms with van der Waals surface area (Å²) in [7, 11) is 0. The number of aromatic nitrogens is 3. The van der Waals surface area contributed by atoms with Gasteiger partial charge in [-0.25, -0.2) is 19.0 Å². The number of aromatic amines is 2. The molecule has 3 rings (SSSR count). The van der Waals surface area contributed by atoms with E-state index in [-0.39, 0.29) is 12.6 Å². The van der Waals surface area contributed by atoms with Crippen molar-refractivity contribution >= 4 is 0 Å². The third-order valence-corrected chi connectivity index (χ3v) is 2.81. The van der Waals surface area contributed by atoms with Gasteiger partial charge in [0.1, 0.15) is 0 Å². The van der Waals surface area contributed by atoms with Gasteiger partial charge in [-0.1, -0.05) is 6.08 Å². The molecule has 1 aromatic rings. The molecule has 110 valence electrons. The van der Waals surface area contributed by atoms with Gasteiger partial charge in [-0.3, -0.25) is 9.97 Å². The lowest BCUT2D eigenvalue weighted by atomic mass is 10.2. The van der Waals surface area contributed by atoms with Crippen LogP contribution in [-0.2, 0) is 16.0 Å². The van der Waals surface area contributed by atoms with Gasteiger partial charge in [0.15, 0.2) is 0 Å². The number of H-pyrrole nitrogens is 2. The maximum atomic E-state index is 11.1. The first-order chi connectivity index (χ1) is 9.60. The Morgan fingerprint density at radius 3 is 2.15 bits per heavy atom. The summed E-state index contributed by atoms with van der Waals surface area (Å²) in [6, 6.07) is 0. The van der Waals surface area contributed by atoms with Gasteiger partial charge in [-0.05, 0) is 12.8 Å². The number of nitrogens with one attached hydrogen (secondary N) is 2. The van der Waals surface area contributed by atoms with Crippen molar-refractivity contribution in [3.8, 4) is 0 Å². The van der Waals surface area contributed by atoms with Crippen molar-refractivity contribution in [3.63, 3.8) is 0 Å². The van der Waals surface area contributed by atoms with Crippen molar-refractivity contribution in [2.24, 2.45) is 0 Å². The van der Waals surface area contributed by atoms with Crippen molar-refractivity contribution in [2.75, 3.05) is 13.2 Å². The molecule has 2 atom stereocenters. The van der Waals surface area contributed by atoms with E-state index in [1.807, 2.05) is 16.0 Å². The Balaban J connectivity index is 0.000000178. The first kappa shape index (κ1) is 14.5. The van der Waals surface area contributed by atoms with E-state index in [1.54, 1.807) is 0 Å². The molecule has 0 aromatic carbocycles. The highest BCUT2D eigenvalue weighted by Gasteiger charge is 2.24. The molecule has 0 bridgehead atoms. The van der Waals surface area contributed by atoms with E-state index in [0.717, 1.165) is 17.6 Å². The van der Waals surface area contributed by atoms with E-state index in [0.29, 0.717) is 12.7 Å². The number of hydrogen-bond donors (Lipinski definition) is 2. The summed E-state index contributed by atoms with van der Waals surface area (Å²) in [6.45, 7) is 5.32. The minimum absolute atomic E-state index is 0.0790. The second-order valence-electron chi connectivity index (χ2n) is 4.58. The molecule has 2 N–H and O–H groups in total. The molecule has 8 nitrogen and oxygen atoms in total. The smallest absolute Gasteiger partial charge is 0.333 e. The molecule has 2 aliphatic heterocycles. The minimum Gasteiger partial charge on any atom is -0.373 e. The number of hydrogen-bond acceptors (Lipinski definition) is 5. The number of rotatable bonds is 5. The Morgan fingerprint density at radius 1 is 1.15 bits per heavy atom. The van der Waals surface area contributed by atoms with E-state index in [4.69, 9.17) is 9.47 Å². The molecule has 2 fully saturated rings. The number of epoxide rings is 2. The SMILES string of the molecule is C=CCCC1CO1.O=c1[nH]c(=O)n(CC2CO2)c(=O)[nH]1. The van der Waals surface area contributed by atoms with Crippen LogP contribution in [0.15, 0.2) is 27.0 Å². The van der Waals surface area contributed by atoms with Crippen molar-refractivity contribution in [1.82, 2.24) is 14.5 Å². The molecular formula is C12H17N3O5. The normalized spacial score (nSPS) is 22.6. The average Bonchev–Trinajstić information content (AvgIpc) is 3.26. The fraction of sp³-hybridized carbons (Fsp3) is 0.583. The zero-order valence-electron chi connectivity index (χ0n) is 11.0. The lowest BCUT2D eigenvalue weighted by molar-refractivity contribution is 0.373. The van der Waals surface area contributed by atoms with Gasteiger partial charge >= 0.3 is 17.1 Å². The van der Waals surface area contributed by atoms with Crippen LogP contribution in [0.2, 0.25) is 0 Å². The van der Waals surface area contributed by atoms with Crippen molar-refractivity contribution in [3.05, 3.63) is 44.1 Å². The molecule has 1 aromatic heterocycles. The number of ether oxygens (including phenoxy) is 2. The Hall–Kier alpha value is -1.93. The molecule has 2 aliphatic rings. The van der Waals surface area contributed by atoms with Gasteiger partial charge in [0.2, 0.25) is 0 Å². The summed E-state index contributed by atoms with van der Waals surface area (Å²) >= 11 is 0. The summed E-state index contributed by atoms with van der Waals surface area (Å²) in [6.07, 6.45) is 4.71. The van der Waals surface area contributed by atoms with Crippen molar-refractivity contribution in [2.45, 2.75) is 31.6 Å². The van der Waals surface area contributed by atoms with E-state index in [9.17, 15) is 14.4 Å². The molecule has 20 heavy (non-hydrogen) atoms. The molecule has 2 saturated heterocycles. The van der Waals surface area contributed by atoms with Gasteiger partial charge in [0.05, 0.1) is 32.0 Å². The van der Waals surface area contributed by atoms with E-state index >= 15 is 0 Å². The summed E-state index contributed by atoms with van der Waals surface area (Å²) in [5, 5.41) is 0. The zero-order valence-corrected chi connectivity index (χ0v) is 11.0. The quantitative estimate of drug-likeness (QED) is 0.530. The van der Waals surface area contributed by atoms with Crippen LogP contribution < -0.4 is 17.1 Å². The summed E-state index contributed by atoms with van der Waals surface area (Å²) in [5.74, 6) is 0. The van der Waals surface area contributed by atoms with Gasteiger partial charge in [0, 0.05) is 0 Å². The number of nitrogens with zero attached hydrogens (tertiary/aromatic N) is 1. The van der Waals surface area contributed by atoms with Crippen LogP contribution in [-0.4, -0.2) is 40.0 Å². The molecule has 0 aliphatic carbocycles. The Kier molecular flexibility index (Phi) is 4.70. The van der Waals surface area contributed by atoms with Crippen molar-refractivity contribution < 1.29 is 9.47 Å². The summed E-state index contributed by atoms with van der Waals surface area (Å²) in [5.41, 5.74) is -2.20. The van der Waals surface area contributed by atoms with Crippen molar-refractivity contribution in [1.29, 1.82) is 0 Å². The largest absolute Gasteiger partial charge is 0.373 e. The van der Waals surface area contributed by atoms with E-state index in [1.165, 1.54) is 6.42 Å². The van der Waals surface area contributed by atoms with E-state index < -0.39 is 17.1 Å². The molecule has 0 spiro atoms. The topological polar surface area (TPSA) is 113 Å². The fourth-order valence-corrected chi connectivity index (χ4v) is 1.53. The van der Waals surface area contributed by atoms with Gasteiger partial charge < -0.3 is 9.47 Å². The van der Waals surface area contributed by atoms with Crippen LogP contribution in [0.4, 0.5) is 0 Å². The van der Waals surface area contributed by atoms with Crippen LogP contribution in [0, 0.1) is 0 Å². The molecule has 0 amide bonds. The standard InChI is InChI=1S/C6H7N3O4.C6H10O/c10-4-7-5(11)9(6(12)8-4)1-3-2-13-3;1-2-3-4-6-5-7-6/h3H,1-2H2,(H2,7,8,10,11,12);2,6H,1,3-5H2. The highest BCUT2D eigenvalue weighted by Crippen LogP contribution is 2.14. The van der Waals surface area contributed by atoms with Crippen LogP contribution in [0.3, 0.4) is 0 Å². The zero-order chi connectivity index (χ0) is 14.5. The Labute approximate surface area is 114 Å². The molecule has 8 heteroatoms. The highest BCUT2D eigenvalue weighted by molar-refractivity contribution is 4.76. The first-order valence-electron chi connectivity index (χ1n) is 6.37. The third-order valence-electron chi connectivity index (χ3n) is 2.81. The summed E-state index contributed by atoms with van der Waals surface area (Å²) in [4.78, 5) is 36.6. The Morgan fingerprint density at radius 2 is 1.70 bits per heavy atom.